The summed E-state index contributed by atoms with van der Waals surface area (Å²) in [6.07, 6.45) is 21.4. The number of phenols is 8. The van der Waals surface area contributed by atoms with Crippen LogP contribution in [0.5, 0.6) is 46.0 Å². The highest BCUT2D eigenvalue weighted by Gasteiger charge is 2.37. The van der Waals surface area contributed by atoms with Crippen molar-refractivity contribution in [2.24, 2.45) is 0 Å². The first-order valence-corrected chi connectivity index (χ1v) is 31.9. The number of unbranched alkanes of at least 4 members (excludes halogenated alkanes) is 12. The molecule has 448 valence electrons. The molecule has 0 spiro atoms. The van der Waals surface area contributed by atoms with Gasteiger partial charge in [-0.1, -0.05) is 158 Å². The lowest BCUT2D eigenvalue weighted by Crippen LogP contribution is -2.19. The van der Waals surface area contributed by atoms with E-state index in [0.717, 1.165) is 103 Å². The Morgan fingerprint density at radius 3 is 0.575 bits per heavy atom. The van der Waals surface area contributed by atoms with Crippen LogP contribution in [0.3, 0.4) is 0 Å². The van der Waals surface area contributed by atoms with Crippen molar-refractivity contribution in [3.63, 3.8) is 0 Å². The normalized spacial score (nSPS) is 16.2. The average Bonchev–Trinajstić information content (AvgIpc) is 3.65. The van der Waals surface area contributed by atoms with E-state index in [1.807, 2.05) is 24.3 Å². The zero-order chi connectivity index (χ0) is 58.1. The molecule has 80 heavy (non-hydrogen) atoms. The Hall–Kier alpha value is -4.88. The van der Waals surface area contributed by atoms with Crippen LogP contribution in [0.2, 0.25) is 0 Å². The minimum Gasteiger partial charge on any atom is -0.507 e. The van der Waals surface area contributed by atoms with E-state index in [-0.39, 0.29) is 72.2 Å². The number of hydrogen-bond acceptors (Lipinski definition) is 12. The molecule has 12 N–H and O–H groups in total. The second kappa shape index (κ2) is 34.5. The molecule has 0 aromatic heterocycles. The Morgan fingerprint density at radius 2 is 0.425 bits per heavy atom. The van der Waals surface area contributed by atoms with E-state index in [1.54, 1.807) is 0 Å². The van der Waals surface area contributed by atoms with Gasteiger partial charge in [0, 0.05) is 94.4 Å². The molecule has 0 fully saturated rings. The van der Waals surface area contributed by atoms with Gasteiger partial charge in [0.05, 0.1) is 22.3 Å². The van der Waals surface area contributed by atoms with Crippen LogP contribution < -0.4 is 21.3 Å². The van der Waals surface area contributed by atoms with E-state index < -0.39 is 23.7 Å². The third kappa shape index (κ3) is 16.7. The predicted octanol–water partition coefficient (Wildman–Crippen LogP) is 16.1. The standard InChI is InChI=1S/C68H108N4O8/c1-9-17-21-25-33-69-41-57-61(73)49-37-50(62(57)74)46(30-14-6)52-39-54(66(78)59(64(52)76)43-71-35-27-23-19-11-3)48(32-16-8)56-40-55(67(79)60(68(56)80)44-72-36-28-24-20-12-4)47(31-15-7)53-38-51(45(49)29-13-5)63(75)58(65(53)77)42-70-34-26-22-18-10-2/h37-40,45-48,69-80H,9-36,41-44H2,1-8H3. The number of rotatable bonds is 36. The fraction of sp³-hybridized carbons (Fsp3) is 0.647. The molecule has 0 saturated heterocycles. The molecule has 1 aliphatic rings. The van der Waals surface area contributed by atoms with Crippen LogP contribution in [-0.2, 0) is 26.2 Å². The van der Waals surface area contributed by atoms with Crippen LogP contribution in [0.15, 0.2) is 24.3 Å². The lowest BCUT2D eigenvalue weighted by atomic mass is 9.75. The number of aromatic hydroxyl groups is 8. The second-order valence-corrected chi connectivity index (χ2v) is 23.2. The maximum absolute atomic E-state index is 12.9. The summed E-state index contributed by atoms with van der Waals surface area (Å²) >= 11 is 0. The molecule has 0 radical (unpaired) electrons. The first kappa shape index (κ1) is 65.9. The van der Waals surface area contributed by atoms with Gasteiger partial charge < -0.3 is 62.1 Å². The number of phenolic OH excluding ortho intramolecular Hbond substituents is 8. The smallest absolute Gasteiger partial charge is 0.127 e. The van der Waals surface area contributed by atoms with Gasteiger partial charge in [-0.15, -0.1) is 0 Å². The fourth-order valence-electron chi connectivity index (χ4n) is 12.5. The van der Waals surface area contributed by atoms with Gasteiger partial charge in [0.2, 0.25) is 0 Å². The van der Waals surface area contributed by atoms with Crippen molar-refractivity contribution in [2.45, 2.75) is 259 Å². The van der Waals surface area contributed by atoms with Crippen LogP contribution in [0.4, 0.5) is 0 Å². The summed E-state index contributed by atoms with van der Waals surface area (Å²) in [6, 6.07) is 7.52. The van der Waals surface area contributed by atoms with E-state index in [2.05, 4.69) is 76.7 Å². The highest BCUT2D eigenvalue weighted by atomic mass is 16.3. The maximum atomic E-state index is 12.9. The van der Waals surface area contributed by atoms with Crippen LogP contribution in [0.25, 0.3) is 0 Å². The second-order valence-electron chi connectivity index (χ2n) is 23.2. The number of fused-ring (bicyclic) bond motifs is 8. The van der Waals surface area contributed by atoms with Gasteiger partial charge in [0.1, 0.15) is 46.0 Å². The maximum Gasteiger partial charge on any atom is 0.127 e. The van der Waals surface area contributed by atoms with Gasteiger partial charge in [-0.3, -0.25) is 0 Å². The van der Waals surface area contributed by atoms with Crippen LogP contribution in [0.1, 0.15) is 300 Å². The molecule has 12 heteroatoms. The molecule has 0 aliphatic heterocycles. The van der Waals surface area contributed by atoms with Gasteiger partial charge in [-0.25, -0.2) is 0 Å². The first-order chi connectivity index (χ1) is 38.8. The van der Waals surface area contributed by atoms with Crippen molar-refractivity contribution in [2.75, 3.05) is 26.2 Å². The lowest BCUT2D eigenvalue weighted by molar-refractivity contribution is 0.405. The van der Waals surface area contributed by atoms with E-state index in [0.29, 0.717) is 144 Å². The van der Waals surface area contributed by atoms with E-state index in [9.17, 15) is 40.9 Å². The third-order valence-corrected chi connectivity index (χ3v) is 17.1. The Kier molecular flexibility index (Phi) is 28.5. The van der Waals surface area contributed by atoms with Gasteiger partial charge in [0.25, 0.3) is 0 Å². The van der Waals surface area contributed by atoms with Crippen molar-refractivity contribution >= 4 is 0 Å². The number of benzene rings is 4. The van der Waals surface area contributed by atoms with Crippen molar-refractivity contribution in [1.82, 2.24) is 21.3 Å². The van der Waals surface area contributed by atoms with Crippen molar-refractivity contribution < 1.29 is 40.9 Å². The topological polar surface area (TPSA) is 210 Å². The number of hydrogen-bond donors (Lipinski definition) is 12. The van der Waals surface area contributed by atoms with Crippen LogP contribution in [-0.4, -0.2) is 67.0 Å². The summed E-state index contributed by atoms with van der Waals surface area (Å²) in [5, 5.41) is 117. The molecule has 0 saturated carbocycles. The molecule has 0 heterocycles. The van der Waals surface area contributed by atoms with Crippen molar-refractivity contribution in [3.8, 4) is 46.0 Å². The molecule has 1 aliphatic carbocycles. The van der Waals surface area contributed by atoms with Gasteiger partial charge >= 0.3 is 0 Å². The summed E-state index contributed by atoms with van der Waals surface area (Å²) < 4.78 is 0. The summed E-state index contributed by atoms with van der Waals surface area (Å²) in [6.45, 7) is 20.4. The summed E-state index contributed by atoms with van der Waals surface area (Å²) in [5.41, 5.74) is 5.49. The highest BCUT2D eigenvalue weighted by molar-refractivity contribution is 5.67. The minimum atomic E-state index is -0.635. The summed E-state index contributed by atoms with van der Waals surface area (Å²) in [4.78, 5) is 0. The van der Waals surface area contributed by atoms with Crippen molar-refractivity contribution in [3.05, 3.63) is 91.0 Å². The molecule has 12 nitrogen and oxygen atoms in total. The molecule has 0 atom stereocenters. The minimum absolute atomic E-state index is 0.0731. The van der Waals surface area contributed by atoms with Crippen molar-refractivity contribution in [1.29, 1.82) is 0 Å². The van der Waals surface area contributed by atoms with Gasteiger partial charge in [-0.05, 0) is 102 Å². The van der Waals surface area contributed by atoms with Crippen LogP contribution >= 0.6 is 0 Å². The third-order valence-electron chi connectivity index (χ3n) is 17.1. The molecule has 4 aromatic carbocycles. The summed E-state index contributed by atoms with van der Waals surface area (Å²) in [5.74, 6) is -3.12. The predicted molar refractivity (Wildman–Crippen MR) is 329 cm³/mol. The molecule has 4 aromatic rings. The molecular weight excluding hydrogens is 1000 g/mol. The molecule has 0 amide bonds. The van der Waals surface area contributed by atoms with Gasteiger partial charge in [0.15, 0.2) is 0 Å². The first-order valence-electron chi connectivity index (χ1n) is 31.9. The Balaban J connectivity index is 2.00. The molecule has 5 rings (SSSR count). The molecule has 0 unspecified atom stereocenters. The van der Waals surface area contributed by atoms with E-state index >= 15 is 0 Å². The average molecular weight is 1110 g/mol. The highest BCUT2D eigenvalue weighted by Crippen LogP contribution is 2.55. The number of nitrogens with one attached hydrogen (secondary N) is 4. The van der Waals surface area contributed by atoms with Gasteiger partial charge in [-0.2, -0.15) is 0 Å². The molecular formula is C68H108N4O8. The van der Waals surface area contributed by atoms with Crippen LogP contribution in [0, 0.1) is 0 Å². The molecule has 8 bridgehead atoms. The Labute approximate surface area is 482 Å². The van der Waals surface area contributed by atoms with E-state index in [1.165, 1.54) is 0 Å². The zero-order valence-corrected chi connectivity index (χ0v) is 50.8. The monoisotopic (exact) mass is 1110 g/mol. The fourth-order valence-corrected chi connectivity index (χ4v) is 12.5. The Bertz CT molecular complexity index is 2060. The quantitative estimate of drug-likeness (QED) is 0.0192. The Morgan fingerprint density at radius 1 is 0.250 bits per heavy atom. The summed E-state index contributed by atoms with van der Waals surface area (Å²) in [7, 11) is 0. The SMILES string of the molecule is CCCCCCNCc1c(O)c2cc(c1O)C(CCC)c1cc(c(O)c(CNCCCCCC)c1O)C(CCC)c1cc(c(O)c(CNCCCCCC)c1O)C(CCC)c1cc(c(O)c(CNCCCCCC)c1O)C2CCC. The van der Waals surface area contributed by atoms with E-state index in [4.69, 9.17) is 0 Å². The largest absolute Gasteiger partial charge is 0.507 e. The zero-order valence-electron chi connectivity index (χ0n) is 50.8. The lowest BCUT2D eigenvalue weighted by Gasteiger charge is -2.31.